The summed E-state index contributed by atoms with van der Waals surface area (Å²) in [5.41, 5.74) is 10.2. The Labute approximate surface area is 269 Å². The highest BCUT2D eigenvalue weighted by molar-refractivity contribution is 7.47. The standard InChI is InChI=1S/C22H25F3N10O12P2/c23-22(24,25)1-7-8-2-42-49(40,41)47-14-9(45-19(12(14)36)34-5-30-10-15(26)28-4-29-16(10)34)3-43-48(38,39)46-13(7)20(44-8)35-6-31-11-17(35)32-21(27)33-18(11)37/h4-9,12-14,19-20,36H,1-3H2,(H,38,39)(H,40,41)(H2,26,28,29)(H3,27,32,33,37)/t7?,8-,9-,12?,13?,14?,19-,20-/m1/s1. The number of nitrogen functional groups attached to an aromatic ring is 2. The third-order valence-corrected chi connectivity index (χ3v) is 9.94. The lowest BCUT2D eigenvalue weighted by Crippen LogP contribution is -2.36. The largest absolute Gasteiger partial charge is 0.472 e. The fourth-order valence-electron chi connectivity index (χ4n) is 5.92. The van der Waals surface area contributed by atoms with E-state index in [4.69, 9.17) is 39.0 Å². The van der Waals surface area contributed by atoms with Crippen LogP contribution in [0, 0.1) is 5.92 Å². The molecular weight excluding hydrogens is 715 g/mol. The van der Waals surface area contributed by atoms with Gasteiger partial charge in [-0.1, -0.05) is 0 Å². The number of anilines is 2. The summed E-state index contributed by atoms with van der Waals surface area (Å²) in [6.45, 7) is -2.05. The number of hydrogen-bond donors (Lipinski definition) is 6. The summed E-state index contributed by atoms with van der Waals surface area (Å²) in [5, 5.41) is 11.2. The third kappa shape index (κ3) is 6.43. The zero-order chi connectivity index (χ0) is 35.0. The zero-order valence-electron chi connectivity index (χ0n) is 24.3. The van der Waals surface area contributed by atoms with Gasteiger partial charge in [0.25, 0.3) is 5.56 Å². The molecule has 0 amide bonds. The number of halogens is 3. The number of aliphatic hydroxyl groups is 1. The molecule has 22 nitrogen and oxygen atoms in total. The van der Waals surface area contributed by atoms with Crippen LogP contribution in [0.4, 0.5) is 24.9 Å². The van der Waals surface area contributed by atoms with Gasteiger partial charge in [0.15, 0.2) is 35.1 Å². The number of nitrogens with two attached hydrogens (primary N) is 2. The third-order valence-electron chi connectivity index (χ3n) is 7.97. The fraction of sp³-hybridized carbons (Fsp3) is 0.545. The van der Waals surface area contributed by atoms with Crippen LogP contribution in [0.3, 0.4) is 0 Å². The highest BCUT2D eigenvalue weighted by Crippen LogP contribution is 2.56. The van der Waals surface area contributed by atoms with Crippen molar-refractivity contribution >= 4 is 49.7 Å². The molecule has 27 heteroatoms. The number of aliphatic hydroxyl groups excluding tert-OH is 1. The van der Waals surface area contributed by atoms with Crippen molar-refractivity contribution in [1.29, 1.82) is 0 Å². The van der Waals surface area contributed by atoms with Crippen molar-refractivity contribution in [3.05, 3.63) is 29.3 Å². The van der Waals surface area contributed by atoms with Crippen LogP contribution in [-0.2, 0) is 36.7 Å². The molecule has 3 aliphatic rings. The van der Waals surface area contributed by atoms with Crippen LogP contribution in [0.5, 0.6) is 0 Å². The molecule has 3 saturated heterocycles. The van der Waals surface area contributed by atoms with Crippen molar-refractivity contribution in [2.24, 2.45) is 5.92 Å². The van der Waals surface area contributed by atoms with E-state index in [1.807, 2.05) is 0 Å². The number of phosphoric acid groups is 2. The van der Waals surface area contributed by atoms with E-state index in [9.17, 15) is 42.0 Å². The minimum Gasteiger partial charge on any atom is -0.386 e. The fourth-order valence-corrected chi connectivity index (χ4v) is 7.84. The van der Waals surface area contributed by atoms with E-state index in [0.29, 0.717) is 0 Å². The van der Waals surface area contributed by atoms with Gasteiger partial charge in [0.1, 0.15) is 36.3 Å². The average molecular weight is 740 g/mol. The summed E-state index contributed by atoms with van der Waals surface area (Å²) in [6, 6.07) is 0. The Bertz CT molecular complexity index is 2060. The summed E-state index contributed by atoms with van der Waals surface area (Å²) in [4.78, 5) is 55.8. The molecule has 8 N–H and O–H groups in total. The second-order valence-corrected chi connectivity index (χ2v) is 13.9. The number of aromatic amines is 1. The van der Waals surface area contributed by atoms with Crippen LogP contribution in [-0.4, -0.2) is 104 Å². The molecule has 266 valence electrons. The number of nitrogens with one attached hydrogen (secondary N) is 1. The Morgan fingerprint density at radius 3 is 2.20 bits per heavy atom. The SMILES string of the molecule is Nc1nc2c(ncn2[C@@H]2O[C@@H]3COP(=O)(O)OC4C(O)[C@H](n5cnc6c(N)ncnc65)O[C@@H]4COP(=O)(O)OC2C3CC(F)(F)F)c(=O)[nH]1. The summed E-state index contributed by atoms with van der Waals surface area (Å²) in [7, 11) is -10.7. The van der Waals surface area contributed by atoms with Crippen LogP contribution < -0.4 is 17.0 Å². The average Bonchev–Trinajstić information content (AvgIpc) is 3.76. The maximum atomic E-state index is 13.9. The van der Waals surface area contributed by atoms with Crippen LogP contribution in [0.15, 0.2) is 23.8 Å². The highest BCUT2D eigenvalue weighted by Gasteiger charge is 2.56. The molecule has 0 spiro atoms. The monoisotopic (exact) mass is 740 g/mol. The van der Waals surface area contributed by atoms with E-state index in [-0.39, 0.29) is 28.1 Å². The van der Waals surface area contributed by atoms with Crippen molar-refractivity contribution in [3.63, 3.8) is 0 Å². The van der Waals surface area contributed by atoms with Gasteiger partial charge in [0, 0.05) is 5.92 Å². The number of nitrogens with zero attached hydrogens (tertiary/aromatic N) is 7. The quantitative estimate of drug-likeness (QED) is 0.149. The molecule has 4 aromatic rings. The molecule has 0 aliphatic carbocycles. The van der Waals surface area contributed by atoms with Crippen LogP contribution in [0.25, 0.3) is 22.3 Å². The second-order valence-electron chi connectivity index (χ2n) is 11.1. The van der Waals surface area contributed by atoms with Gasteiger partial charge in [-0.05, 0) is 0 Å². The maximum Gasteiger partial charge on any atom is 0.472 e. The number of imidazole rings is 2. The highest BCUT2D eigenvalue weighted by atomic mass is 31.2. The lowest BCUT2D eigenvalue weighted by molar-refractivity contribution is -0.154. The predicted octanol–water partition coefficient (Wildman–Crippen LogP) is -0.134. The lowest BCUT2D eigenvalue weighted by Gasteiger charge is -2.27. The number of phosphoric ester groups is 2. The second kappa shape index (κ2) is 12.0. The van der Waals surface area contributed by atoms with E-state index >= 15 is 0 Å². The van der Waals surface area contributed by atoms with Crippen molar-refractivity contribution in [2.75, 3.05) is 24.7 Å². The van der Waals surface area contributed by atoms with Gasteiger partial charge >= 0.3 is 21.8 Å². The lowest BCUT2D eigenvalue weighted by atomic mass is 9.94. The van der Waals surface area contributed by atoms with Gasteiger partial charge in [-0.3, -0.25) is 37.0 Å². The van der Waals surface area contributed by atoms with Gasteiger partial charge in [-0.15, -0.1) is 0 Å². The van der Waals surface area contributed by atoms with E-state index < -0.39 is 102 Å². The molecule has 7 rings (SSSR count). The number of rotatable bonds is 3. The van der Waals surface area contributed by atoms with Gasteiger partial charge < -0.3 is 35.8 Å². The van der Waals surface area contributed by atoms with Crippen molar-refractivity contribution in [1.82, 2.24) is 39.0 Å². The molecule has 6 unspecified atom stereocenters. The Balaban J connectivity index is 1.25. The van der Waals surface area contributed by atoms with Gasteiger partial charge in [0.2, 0.25) is 5.95 Å². The number of aromatic nitrogens is 8. The Morgan fingerprint density at radius 1 is 0.898 bits per heavy atom. The van der Waals surface area contributed by atoms with Gasteiger partial charge in [-0.25, -0.2) is 29.1 Å². The molecule has 10 atom stereocenters. The minimum atomic E-state index is -5.39. The van der Waals surface area contributed by atoms with Crippen molar-refractivity contribution in [2.45, 2.75) is 55.6 Å². The maximum absolute atomic E-state index is 13.9. The molecule has 4 aromatic heterocycles. The normalized spacial score (nSPS) is 36.0. The summed E-state index contributed by atoms with van der Waals surface area (Å²) in [6.07, 6.45) is -15.6. The summed E-state index contributed by atoms with van der Waals surface area (Å²) >= 11 is 0. The first kappa shape index (κ1) is 33.9. The number of H-pyrrole nitrogens is 1. The Kier molecular flexibility index (Phi) is 8.31. The molecule has 7 heterocycles. The number of fused-ring (bicyclic) bond motifs is 5. The topological polar surface area (TPSA) is 309 Å². The molecular formula is C22H25F3N10O12P2. The molecule has 0 aromatic carbocycles. The first-order valence-electron chi connectivity index (χ1n) is 14.0. The molecule has 2 bridgehead atoms. The summed E-state index contributed by atoms with van der Waals surface area (Å²) in [5.74, 6) is -2.30. The minimum absolute atomic E-state index is 0.0151. The van der Waals surface area contributed by atoms with E-state index in [1.165, 1.54) is 10.9 Å². The van der Waals surface area contributed by atoms with Gasteiger partial charge in [0.05, 0.1) is 38.4 Å². The molecule has 49 heavy (non-hydrogen) atoms. The number of hydrogen-bond acceptors (Lipinski definition) is 17. The molecule has 0 saturated carbocycles. The Hall–Kier alpha value is -3.61. The smallest absolute Gasteiger partial charge is 0.386 e. The first-order valence-corrected chi connectivity index (χ1v) is 17.0. The van der Waals surface area contributed by atoms with Crippen molar-refractivity contribution in [3.8, 4) is 0 Å². The van der Waals surface area contributed by atoms with Crippen molar-refractivity contribution < 1.29 is 64.8 Å². The molecule has 3 fully saturated rings. The van der Waals surface area contributed by atoms with E-state index in [1.54, 1.807) is 0 Å². The summed E-state index contributed by atoms with van der Waals surface area (Å²) < 4.78 is 103. The van der Waals surface area contributed by atoms with Gasteiger partial charge in [-0.2, -0.15) is 18.2 Å². The number of alkyl halides is 3. The zero-order valence-corrected chi connectivity index (χ0v) is 26.1. The predicted molar refractivity (Wildman–Crippen MR) is 152 cm³/mol. The van der Waals surface area contributed by atoms with E-state index in [0.717, 1.165) is 17.2 Å². The Morgan fingerprint density at radius 2 is 1.51 bits per heavy atom. The molecule has 3 aliphatic heterocycles. The first-order chi connectivity index (χ1) is 23.0. The van der Waals surface area contributed by atoms with E-state index in [2.05, 4.69) is 29.9 Å². The van der Waals surface area contributed by atoms with Crippen LogP contribution >= 0.6 is 15.6 Å². The number of ether oxygens (including phenoxy) is 2. The molecule has 0 radical (unpaired) electrons. The van der Waals surface area contributed by atoms with Crippen LogP contribution in [0.1, 0.15) is 18.9 Å². The van der Waals surface area contributed by atoms with Crippen LogP contribution in [0.2, 0.25) is 0 Å².